The quantitative estimate of drug-likeness (QED) is 0.500. The number of nitrogens with one attached hydrogen (secondary N) is 1. The van der Waals surface area contributed by atoms with E-state index in [4.69, 9.17) is 0 Å². The van der Waals surface area contributed by atoms with Crippen LogP contribution in [0.2, 0.25) is 0 Å². The molecule has 0 aliphatic rings. The predicted molar refractivity (Wildman–Crippen MR) is 103 cm³/mol. The van der Waals surface area contributed by atoms with Gasteiger partial charge in [0.15, 0.2) is 11.5 Å². The topological polar surface area (TPSA) is 112 Å². The second kappa shape index (κ2) is 8.01. The molecule has 0 bridgehead atoms. The molecule has 8 heteroatoms. The molecule has 0 saturated heterocycles. The highest BCUT2D eigenvalue weighted by molar-refractivity contribution is 5.88. The first kappa shape index (κ1) is 20.1. The highest BCUT2D eigenvalue weighted by atomic mass is 35.5. The Morgan fingerprint density at radius 2 is 1.81 bits per heavy atom. The Hall–Kier alpha value is -3.19. The van der Waals surface area contributed by atoms with Gasteiger partial charge in [-0.2, -0.15) is 0 Å². The lowest BCUT2D eigenvalue weighted by atomic mass is 10.1. The fourth-order valence-corrected chi connectivity index (χ4v) is 2.95. The molecule has 0 aliphatic heterocycles. The lowest BCUT2D eigenvalue weighted by molar-refractivity contribution is -0.141. The van der Waals surface area contributed by atoms with Crippen LogP contribution in [0.15, 0.2) is 48.7 Å². The van der Waals surface area contributed by atoms with Crippen molar-refractivity contribution in [3.8, 4) is 17.2 Å². The third-order valence-corrected chi connectivity index (χ3v) is 4.13. The molecule has 1 amide bonds. The molecule has 1 atom stereocenters. The number of carbonyl (C=O) groups is 2. The van der Waals surface area contributed by atoms with Gasteiger partial charge in [0.05, 0.1) is 5.52 Å². The highest BCUT2D eigenvalue weighted by Gasteiger charge is 2.21. The summed E-state index contributed by atoms with van der Waals surface area (Å²) in [6.07, 6.45) is 1.89. The number of carboxylic acid groups (broad SMARTS) is 1. The summed E-state index contributed by atoms with van der Waals surface area (Å²) in [4.78, 5) is 22.7. The van der Waals surface area contributed by atoms with Crippen LogP contribution in [-0.4, -0.2) is 37.8 Å². The SMILES string of the molecule is CC(=O)N[C@@H](Cc1cn(-c2ccc(O)c(O)c2)c2ccccc12)C(=O)O.Cl. The number of aromatic nitrogens is 1. The number of hydrogen-bond donors (Lipinski definition) is 4. The summed E-state index contributed by atoms with van der Waals surface area (Å²) < 4.78 is 1.80. The van der Waals surface area contributed by atoms with Crippen molar-refractivity contribution in [1.82, 2.24) is 9.88 Å². The van der Waals surface area contributed by atoms with Gasteiger partial charge < -0.3 is 25.2 Å². The van der Waals surface area contributed by atoms with Crippen LogP contribution in [0.5, 0.6) is 11.5 Å². The molecule has 1 heterocycles. The monoisotopic (exact) mass is 390 g/mol. The number of para-hydroxylation sites is 1. The molecule has 142 valence electrons. The van der Waals surface area contributed by atoms with E-state index in [0.29, 0.717) is 5.69 Å². The molecule has 2 aromatic carbocycles. The minimum absolute atomic E-state index is 0. The minimum Gasteiger partial charge on any atom is -0.504 e. The van der Waals surface area contributed by atoms with Gasteiger partial charge >= 0.3 is 5.97 Å². The fourth-order valence-electron chi connectivity index (χ4n) is 2.95. The molecule has 0 spiro atoms. The molecule has 0 saturated carbocycles. The Balaban J connectivity index is 0.00000261. The molecule has 7 nitrogen and oxygen atoms in total. The summed E-state index contributed by atoms with van der Waals surface area (Å²) in [6.45, 7) is 1.28. The van der Waals surface area contributed by atoms with Gasteiger partial charge in [-0.25, -0.2) is 4.79 Å². The van der Waals surface area contributed by atoms with E-state index in [0.717, 1.165) is 16.5 Å². The number of amides is 1. The van der Waals surface area contributed by atoms with Crippen LogP contribution in [0.1, 0.15) is 12.5 Å². The lowest BCUT2D eigenvalue weighted by Crippen LogP contribution is -2.41. The summed E-state index contributed by atoms with van der Waals surface area (Å²) >= 11 is 0. The third kappa shape index (κ3) is 4.15. The molecular formula is C19H19ClN2O5. The maximum Gasteiger partial charge on any atom is 0.326 e. The Kier molecular flexibility index (Phi) is 5.97. The lowest BCUT2D eigenvalue weighted by Gasteiger charge is -2.12. The van der Waals surface area contributed by atoms with Gasteiger partial charge in [-0.3, -0.25) is 4.79 Å². The van der Waals surface area contributed by atoms with Gasteiger partial charge in [-0.05, 0) is 23.8 Å². The zero-order chi connectivity index (χ0) is 18.8. The highest BCUT2D eigenvalue weighted by Crippen LogP contribution is 2.31. The largest absolute Gasteiger partial charge is 0.504 e. The van der Waals surface area contributed by atoms with Crippen LogP contribution in [0.4, 0.5) is 0 Å². The van der Waals surface area contributed by atoms with E-state index in [2.05, 4.69) is 5.32 Å². The van der Waals surface area contributed by atoms with Gasteiger partial charge in [-0.1, -0.05) is 18.2 Å². The number of halogens is 1. The number of nitrogens with zero attached hydrogens (tertiary/aromatic N) is 1. The number of benzene rings is 2. The smallest absolute Gasteiger partial charge is 0.326 e. The average Bonchev–Trinajstić information content (AvgIpc) is 2.95. The van der Waals surface area contributed by atoms with E-state index in [-0.39, 0.29) is 30.3 Å². The van der Waals surface area contributed by atoms with E-state index in [1.807, 2.05) is 24.3 Å². The zero-order valence-corrected chi connectivity index (χ0v) is 15.2. The van der Waals surface area contributed by atoms with E-state index >= 15 is 0 Å². The summed E-state index contributed by atoms with van der Waals surface area (Å²) in [5.74, 6) is -1.99. The van der Waals surface area contributed by atoms with Crippen molar-refractivity contribution >= 4 is 35.2 Å². The van der Waals surface area contributed by atoms with Gasteiger partial charge in [0.1, 0.15) is 6.04 Å². The molecule has 3 rings (SSSR count). The third-order valence-electron chi connectivity index (χ3n) is 4.13. The Morgan fingerprint density at radius 1 is 1.11 bits per heavy atom. The van der Waals surface area contributed by atoms with Gasteiger partial charge in [0.2, 0.25) is 5.91 Å². The number of fused-ring (bicyclic) bond motifs is 1. The molecule has 0 unspecified atom stereocenters. The van der Waals surface area contributed by atoms with Crippen molar-refractivity contribution in [2.75, 3.05) is 0 Å². The maximum atomic E-state index is 11.5. The van der Waals surface area contributed by atoms with Gasteiger partial charge in [0, 0.05) is 36.7 Å². The summed E-state index contributed by atoms with van der Waals surface area (Å²) in [5.41, 5.74) is 2.18. The van der Waals surface area contributed by atoms with Gasteiger partial charge in [-0.15, -0.1) is 12.4 Å². The first-order valence-electron chi connectivity index (χ1n) is 7.98. The van der Waals surface area contributed by atoms with Crippen LogP contribution in [0, 0.1) is 0 Å². The first-order valence-corrected chi connectivity index (χ1v) is 7.98. The molecule has 27 heavy (non-hydrogen) atoms. The fraction of sp³-hybridized carbons (Fsp3) is 0.158. The number of phenolic OH excluding ortho intramolecular Hbond substituents is 2. The number of rotatable bonds is 5. The molecular weight excluding hydrogens is 372 g/mol. The molecule has 0 fully saturated rings. The number of aliphatic carboxylic acids is 1. The number of aromatic hydroxyl groups is 2. The summed E-state index contributed by atoms with van der Waals surface area (Å²) in [7, 11) is 0. The predicted octanol–water partition coefficient (Wildman–Crippen LogP) is 2.60. The first-order chi connectivity index (χ1) is 12.4. The maximum absolute atomic E-state index is 11.5. The Morgan fingerprint density at radius 3 is 2.44 bits per heavy atom. The number of hydrogen-bond acceptors (Lipinski definition) is 4. The summed E-state index contributed by atoms with van der Waals surface area (Å²) in [6, 6.07) is 10.9. The molecule has 1 aromatic heterocycles. The van der Waals surface area contributed by atoms with Crippen LogP contribution < -0.4 is 5.32 Å². The van der Waals surface area contributed by atoms with E-state index in [9.17, 15) is 24.9 Å². The van der Waals surface area contributed by atoms with Crippen molar-refractivity contribution in [3.63, 3.8) is 0 Å². The van der Waals surface area contributed by atoms with Gasteiger partial charge in [0.25, 0.3) is 0 Å². The van der Waals surface area contributed by atoms with Crippen molar-refractivity contribution in [2.24, 2.45) is 0 Å². The second-order valence-electron chi connectivity index (χ2n) is 6.01. The van der Waals surface area contributed by atoms with Crippen molar-refractivity contribution in [1.29, 1.82) is 0 Å². The van der Waals surface area contributed by atoms with Crippen molar-refractivity contribution < 1.29 is 24.9 Å². The zero-order valence-electron chi connectivity index (χ0n) is 14.4. The van der Waals surface area contributed by atoms with E-state index < -0.39 is 17.9 Å². The Labute approximate surface area is 161 Å². The van der Waals surface area contributed by atoms with Crippen LogP contribution in [-0.2, 0) is 16.0 Å². The Bertz CT molecular complexity index is 999. The number of carbonyl (C=O) groups excluding carboxylic acids is 1. The van der Waals surface area contributed by atoms with E-state index in [1.54, 1.807) is 16.8 Å². The van der Waals surface area contributed by atoms with E-state index in [1.165, 1.54) is 19.1 Å². The molecule has 3 aromatic rings. The molecule has 0 aliphatic carbocycles. The molecule has 4 N–H and O–H groups in total. The normalized spacial score (nSPS) is 11.6. The summed E-state index contributed by atoms with van der Waals surface area (Å²) in [5, 5.41) is 31.9. The standard InChI is InChI=1S/C19H18N2O5.ClH/c1-11(22)20-15(19(25)26)8-12-10-21(16-5-3-2-4-14(12)16)13-6-7-17(23)18(24)9-13;/h2-7,9-10,15,23-24H,8H2,1H3,(H,20,22)(H,25,26);1H/t15-;/m0./s1. The van der Waals surface area contributed by atoms with Crippen molar-refractivity contribution in [2.45, 2.75) is 19.4 Å². The van der Waals surface area contributed by atoms with Crippen LogP contribution >= 0.6 is 12.4 Å². The molecule has 0 radical (unpaired) electrons. The second-order valence-corrected chi connectivity index (χ2v) is 6.01. The minimum atomic E-state index is -1.11. The number of carboxylic acids is 1. The van der Waals surface area contributed by atoms with Crippen molar-refractivity contribution in [3.05, 3.63) is 54.2 Å². The average molecular weight is 391 g/mol. The van der Waals surface area contributed by atoms with Crippen LogP contribution in [0.3, 0.4) is 0 Å². The number of phenols is 2. The van der Waals surface area contributed by atoms with Crippen LogP contribution in [0.25, 0.3) is 16.6 Å².